The van der Waals surface area contributed by atoms with Crippen molar-refractivity contribution < 1.29 is 18.7 Å². The van der Waals surface area contributed by atoms with Crippen LogP contribution in [0.2, 0.25) is 0 Å². The molecule has 0 saturated carbocycles. The second-order valence-electron chi connectivity index (χ2n) is 5.12. The predicted molar refractivity (Wildman–Crippen MR) is 65.8 cm³/mol. The molecule has 0 heterocycles. The normalized spacial score (nSPS) is 11.4. The number of halogens is 2. The molecule has 1 rings (SSSR count). The SMILES string of the molecule is CN(C)c1c(F)ccc(F)c1CC(C)(C)C(=O)O. The van der Waals surface area contributed by atoms with E-state index in [4.69, 9.17) is 5.11 Å². The van der Waals surface area contributed by atoms with Crippen LogP contribution in [0.25, 0.3) is 0 Å². The van der Waals surface area contributed by atoms with E-state index in [1.165, 1.54) is 18.7 Å². The molecule has 0 amide bonds. The molecule has 1 aromatic carbocycles. The first kappa shape index (κ1) is 14.4. The summed E-state index contributed by atoms with van der Waals surface area (Å²) < 4.78 is 27.5. The minimum absolute atomic E-state index is 0.0700. The van der Waals surface area contributed by atoms with Gasteiger partial charge in [0, 0.05) is 19.7 Å². The number of nitrogens with zero attached hydrogens (tertiary/aromatic N) is 1. The minimum Gasteiger partial charge on any atom is -0.481 e. The van der Waals surface area contributed by atoms with Crippen molar-refractivity contribution in [2.45, 2.75) is 20.3 Å². The maximum atomic E-state index is 13.8. The average molecular weight is 257 g/mol. The Kier molecular flexibility index (Phi) is 3.94. The number of hydrogen-bond acceptors (Lipinski definition) is 2. The molecule has 1 N–H and O–H groups in total. The van der Waals surface area contributed by atoms with Crippen LogP contribution in [0.5, 0.6) is 0 Å². The van der Waals surface area contributed by atoms with Gasteiger partial charge in [0.2, 0.25) is 0 Å². The van der Waals surface area contributed by atoms with Crippen molar-refractivity contribution in [2.75, 3.05) is 19.0 Å². The molecule has 0 bridgehead atoms. The van der Waals surface area contributed by atoms with Gasteiger partial charge in [-0.1, -0.05) is 0 Å². The van der Waals surface area contributed by atoms with Gasteiger partial charge < -0.3 is 10.0 Å². The zero-order valence-corrected chi connectivity index (χ0v) is 10.9. The van der Waals surface area contributed by atoms with Crippen molar-refractivity contribution in [3.8, 4) is 0 Å². The molecule has 18 heavy (non-hydrogen) atoms. The van der Waals surface area contributed by atoms with Crippen LogP contribution in [-0.4, -0.2) is 25.2 Å². The van der Waals surface area contributed by atoms with Crippen molar-refractivity contribution in [3.63, 3.8) is 0 Å². The van der Waals surface area contributed by atoms with Crippen LogP contribution in [-0.2, 0) is 11.2 Å². The van der Waals surface area contributed by atoms with Gasteiger partial charge in [-0.05, 0) is 32.4 Å². The maximum absolute atomic E-state index is 13.8. The van der Waals surface area contributed by atoms with E-state index in [1.807, 2.05) is 0 Å². The Hall–Kier alpha value is -1.65. The van der Waals surface area contributed by atoms with Crippen molar-refractivity contribution in [2.24, 2.45) is 5.41 Å². The van der Waals surface area contributed by atoms with Gasteiger partial charge in [0.1, 0.15) is 11.6 Å². The molecule has 0 spiro atoms. The average Bonchev–Trinajstić information content (AvgIpc) is 2.22. The molecular weight excluding hydrogens is 240 g/mol. The second-order valence-corrected chi connectivity index (χ2v) is 5.12. The maximum Gasteiger partial charge on any atom is 0.309 e. The Morgan fingerprint density at radius 2 is 1.78 bits per heavy atom. The van der Waals surface area contributed by atoms with E-state index >= 15 is 0 Å². The standard InChI is InChI=1S/C13H17F2NO2/c1-13(2,12(17)18)7-8-9(14)5-6-10(15)11(8)16(3)4/h5-6H,7H2,1-4H3,(H,17,18). The smallest absolute Gasteiger partial charge is 0.309 e. The largest absolute Gasteiger partial charge is 0.481 e. The lowest BCUT2D eigenvalue weighted by atomic mass is 9.85. The fourth-order valence-corrected chi connectivity index (χ4v) is 1.75. The summed E-state index contributed by atoms with van der Waals surface area (Å²) >= 11 is 0. The number of anilines is 1. The summed E-state index contributed by atoms with van der Waals surface area (Å²) in [6.07, 6.45) is -0.0700. The number of carbonyl (C=O) groups is 1. The fourth-order valence-electron chi connectivity index (χ4n) is 1.75. The van der Waals surface area contributed by atoms with Crippen LogP contribution >= 0.6 is 0 Å². The van der Waals surface area contributed by atoms with Crippen LogP contribution in [0.4, 0.5) is 14.5 Å². The second kappa shape index (κ2) is 4.92. The van der Waals surface area contributed by atoms with Crippen molar-refractivity contribution in [1.29, 1.82) is 0 Å². The van der Waals surface area contributed by atoms with Crippen LogP contribution in [0.1, 0.15) is 19.4 Å². The van der Waals surface area contributed by atoms with Crippen LogP contribution in [0, 0.1) is 17.0 Å². The third-order valence-electron chi connectivity index (χ3n) is 2.82. The van der Waals surface area contributed by atoms with Crippen molar-refractivity contribution >= 4 is 11.7 Å². The molecule has 0 radical (unpaired) electrons. The summed E-state index contributed by atoms with van der Waals surface area (Å²) in [5, 5.41) is 9.06. The summed E-state index contributed by atoms with van der Waals surface area (Å²) in [5.74, 6) is -2.19. The van der Waals surface area contributed by atoms with Gasteiger partial charge in [-0.25, -0.2) is 8.78 Å². The highest BCUT2D eigenvalue weighted by atomic mass is 19.1. The first-order valence-corrected chi connectivity index (χ1v) is 5.54. The molecule has 100 valence electrons. The zero-order chi connectivity index (χ0) is 14.1. The number of hydrogen-bond donors (Lipinski definition) is 1. The number of carboxylic acids is 1. The Morgan fingerprint density at radius 1 is 1.28 bits per heavy atom. The molecule has 0 fully saturated rings. The number of carboxylic acid groups (broad SMARTS) is 1. The Morgan fingerprint density at radius 3 is 2.22 bits per heavy atom. The highest BCUT2D eigenvalue weighted by Gasteiger charge is 2.31. The molecule has 0 atom stereocenters. The quantitative estimate of drug-likeness (QED) is 0.901. The van der Waals surface area contributed by atoms with Crippen molar-refractivity contribution in [3.05, 3.63) is 29.3 Å². The summed E-state index contributed by atoms with van der Waals surface area (Å²) in [6.45, 7) is 2.97. The first-order chi connectivity index (χ1) is 8.16. The summed E-state index contributed by atoms with van der Waals surface area (Å²) in [4.78, 5) is 12.5. The van der Waals surface area contributed by atoms with E-state index in [0.717, 1.165) is 12.1 Å². The predicted octanol–water partition coefficient (Wildman–Crippen LogP) is 2.68. The minimum atomic E-state index is -1.15. The van der Waals surface area contributed by atoms with Gasteiger partial charge in [-0.15, -0.1) is 0 Å². The molecular formula is C13H17F2NO2. The van der Waals surface area contributed by atoms with Crippen LogP contribution in [0.15, 0.2) is 12.1 Å². The fraction of sp³-hybridized carbons (Fsp3) is 0.462. The van der Waals surface area contributed by atoms with E-state index in [2.05, 4.69) is 0 Å². The third kappa shape index (κ3) is 2.78. The highest BCUT2D eigenvalue weighted by Crippen LogP contribution is 2.32. The molecule has 0 aliphatic carbocycles. The van der Waals surface area contributed by atoms with E-state index in [1.54, 1.807) is 14.1 Å². The van der Waals surface area contributed by atoms with Crippen LogP contribution < -0.4 is 4.90 Å². The van der Waals surface area contributed by atoms with Gasteiger partial charge in [0.25, 0.3) is 0 Å². The summed E-state index contributed by atoms with van der Waals surface area (Å²) in [5.41, 5.74) is -0.962. The molecule has 3 nitrogen and oxygen atoms in total. The monoisotopic (exact) mass is 257 g/mol. The summed E-state index contributed by atoms with van der Waals surface area (Å²) in [7, 11) is 3.18. The number of rotatable bonds is 4. The Balaban J connectivity index is 3.31. The summed E-state index contributed by atoms with van der Waals surface area (Å²) in [6, 6.07) is 2.07. The third-order valence-corrected chi connectivity index (χ3v) is 2.82. The van der Waals surface area contributed by atoms with E-state index in [9.17, 15) is 13.6 Å². The Bertz CT molecular complexity index is 470. The van der Waals surface area contributed by atoms with Crippen molar-refractivity contribution in [1.82, 2.24) is 0 Å². The van der Waals surface area contributed by atoms with Gasteiger partial charge in [-0.2, -0.15) is 0 Å². The van der Waals surface area contributed by atoms with Gasteiger partial charge in [0.05, 0.1) is 11.1 Å². The highest BCUT2D eigenvalue weighted by molar-refractivity contribution is 5.74. The Labute approximate surface area is 105 Å². The lowest BCUT2D eigenvalue weighted by Gasteiger charge is -2.24. The molecule has 0 aliphatic rings. The number of aliphatic carboxylic acids is 1. The lowest BCUT2D eigenvalue weighted by Crippen LogP contribution is -2.28. The van der Waals surface area contributed by atoms with E-state index in [-0.39, 0.29) is 17.7 Å². The molecule has 0 saturated heterocycles. The van der Waals surface area contributed by atoms with Crippen LogP contribution in [0.3, 0.4) is 0 Å². The number of benzene rings is 1. The van der Waals surface area contributed by atoms with E-state index in [0.29, 0.717) is 0 Å². The molecule has 5 heteroatoms. The van der Waals surface area contributed by atoms with Gasteiger partial charge >= 0.3 is 5.97 Å². The molecule has 0 aromatic heterocycles. The first-order valence-electron chi connectivity index (χ1n) is 5.54. The van der Waals surface area contributed by atoms with Gasteiger partial charge in [0.15, 0.2) is 0 Å². The topological polar surface area (TPSA) is 40.5 Å². The lowest BCUT2D eigenvalue weighted by molar-refractivity contribution is -0.146. The molecule has 1 aromatic rings. The molecule has 0 unspecified atom stereocenters. The van der Waals surface area contributed by atoms with E-state index < -0.39 is 23.0 Å². The molecule has 0 aliphatic heterocycles. The zero-order valence-electron chi connectivity index (χ0n) is 10.9. The van der Waals surface area contributed by atoms with Gasteiger partial charge in [-0.3, -0.25) is 4.79 Å².